The molecule has 2 heterocycles. The van der Waals surface area contributed by atoms with Crippen molar-refractivity contribution in [2.24, 2.45) is 0 Å². The fourth-order valence-electron chi connectivity index (χ4n) is 1.84. The fraction of sp³-hybridized carbons (Fsp3) is 0.545. The summed E-state index contributed by atoms with van der Waals surface area (Å²) in [5.41, 5.74) is 0.0614. The highest BCUT2D eigenvalue weighted by Crippen LogP contribution is 2.25. The first-order chi connectivity index (χ1) is 8.79. The molecule has 0 aliphatic heterocycles. The third-order valence-electron chi connectivity index (χ3n) is 2.50. The van der Waals surface area contributed by atoms with Gasteiger partial charge in [0.25, 0.3) is 0 Å². The molecule has 8 heteroatoms. The lowest BCUT2D eigenvalue weighted by atomic mass is 9.90. The molecule has 0 unspecified atom stereocenters. The molecule has 0 radical (unpaired) electrons. The number of aromatic carboxylic acids is 1. The Morgan fingerprint density at radius 1 is 1.32 bits per heavy atom. The van der Waals surface area contributed by atoms with Crippen LogP contribution in [0.5, 0.6) is 0 Å². The van der Waals surface area contributed by atoms with E-state index in [1.165, 1.54) is 4.68 Å². The molecule has 0 aliphatic carbocycles. The molecule has 0 aliphatic rings. The van der Waals surface area contributed by atoms with Gasteiger partial charge in [-0.05, 0) is 0 Å². The predicted octanol–water partition coefficient (Wildman–Crippen LogP) is 1.01. The third kappa shape index (κ3) is 2.61. The Morgan fingerprint density at radius 2 is 2.00 bits per heavy atom. The summed E-state index contributed by atoms with van der Waals surface area (Å²) in [7, 11) is 0. The SMILES string of the molecule is Cc1nnc(Cn2nnc(C(=O)O)c2C(C)(C)C)o1. The van der Waals surface area contributed by atoms with E-state index >= 15 is 0 Å². The van der Waals surface area contributed by atoms with Gasteiger partial charge in [-0.2, -0.15) is 0 Å². The number of carboxylic acids is 1. The minimum Gasteiger partial charge on any atom is -0.476 e. The summed E-state index contributed by atoms with van der Waals surface area (Å²) >= 11 is 0. The van der Waals surface area contributed by atoms with Gasteiger partial charge in [0, 0.05) is 12.3 Å². The highest BCUT2D eigenvalue weighted by atomic mass is 16.4. The molecular formula is C11H15N5O3. The maximum absolute atomic E-state index is 11.2. The van der Waals surface area contributed by atoms with Crippen LogP contribution in [0.3, 0.4) is 0 Å². The molecule has 0 bridgehead atoms. The quantitative estimate of drug-likeness (QED) is 0.882. The van der Waals surface area contributed by atoms with E-state index in [9.17, 15) is 4.79 Å². The van der Waals surface area contributed by atoms with Crippen molar-refractivity contribution in [1.82, 2.24) is 25.2 Å². The van der Waals surface area contributed by atoms with Gasteiger partial charge in [0.1, 0.15) is 6.54 Å². The normalized spacial score (nSPS) is 11.8. The number of carbonyl (C=O) groups is 1. The number of nitrogens with zero attached hydrogens (tertiary/aromatic N) is 5. The van der Waals surface area contributed by atoms with Gasteiger partial charge < -0.3 is 9.52 Å². The van der Waals surface area contributed by atoms with Crippen molar-refractivity contribution >= 4 is 5.97 Å². The van der Waals surface area contributed by atoms with Gasteiger partial charge in [0.15, 0.2) is 5.69 Å². The predicted molar refractivity (Wildman–Crippen MR) is 63.8 cm³/mol. The lowest BCUT2D eigenvalue weighted by Crippen LogP contribution is -2.22. The number of aromatic nitrogens is 5. The lowest BCUT2D eigenvalue weighted by Gasteiger charge is -2.19. The van der Waals surface area contributed by atoms with Gasteiger partial charge in [-0.15, -0.1) is 15.3 Å². The van der Waals surface area contributed by atoms with Crippen molar-refractivity contribution in [2.45, 2.75) is 39.7 Å². The zero-order valence-corrected chi connectivity index (χ0v) is 11.2. The number of rotatable bonds is 3. The third-order valence-corrected chi connectivity index (χ3v) is 2.50. The van der Waals surface area contributed by atoms with Crippen molar-refractivity contribution < 1.29 is 14.3 Å². The van der Waals surface area contributed by atoms with Crippen molar-refractivity contribution in [3.8, 4) is 0 Å². The molecule has 1 N–H and O–H groups in total. The zero-order chi connectivity index (χ0) is 14.2. The smallest absolute Gasteiger partial charge is 0.358 e. The molecule has 0 saturated heterocycles. The molecule has 2 aromatic rings. The molecule has 0 fully saturated rings. The minimum absolute atomic E-state index is 0.0521. The fourth-order valence-corrected chi connectivity index (χ4v) is 1.84. The van der Waals surface area contributed by atoms with Gasteiger partial charge in [-0.1, -0.05) is 26.0 Å². The van der Waals surface area contributed by atoms with Gasteiger partial charge in [0.2, 0.25) is 11.8 Å². The van der Waals surface area contributed by atoms with Crippen molar-refractivity contribution in [3.05, 3.63) is 23.2 Å². The summed E-state index contributed by atoms with van der Waals surface area (Å²) in [6, 6.07) is 0. The standard InChI is InChI=1S/C11H15N5O3/c1-6-12-13-7(19-6)5-16-9(11(2,3)4)8(10(17)18)14-15-16/h5H2,1-4H3,(H,17,18). The van der Waals surface area contributed by atoms with E-state index in [0.717, 1.165) is 0 Å². The molecule has 2 aromatic heterocycles. The summed E-state index contributed by atoms with van der Waals surface area (Å²) in [6.07, 6.45) is 0. The first-order valence-electron chi connectivity index (χ1n) is 5.75. The van der Waals surface area contributed by atoms with Crippen LogP contribution in [-0.2, 0) is 12.0 Å². The lowest BCUT2D eigenvalue weighted by molar-refractivity contribution is 0.0687. The van der Waals surface area contributed by atoms with Crippen LogP contribution in [0, 0.1) is 6.92 Å². The van der Waals surface area contributed by atoms with Crippen LogP contribution in [0.15, 0.2) is 4.42 Å². The first kappa shape index (κ1) is 13.2. The van der Waals surface area contributed by atoms with Crippen LogP contribution in [0.2, 0.25) is 0 Å². The van der Waals surface area contributed by atoms with Crippen molar-refractivity contribution in [3.63, 3.8) is 0 Å². The van der Waals surface area contributed by atoms with Crippen LogP contribution in [0.1, 0.15) is 48.7 Å². The second-order valence-corrected chi connectivity index (χ2v) is 5.21. The monoisotopic (exact) mass is 265 g/mol. The second-order valence-electron chi connectivity index (χ2n) is 5.21. The summed E-state index contributed by atoms with van der Waals surface area (Å²) < 4.78 is 6.75. The molecular weight excluding hydrogens is 250 g/mol. The Kier molecular flexibility index (Phi) is 3.09. The van der Waals surface area contributed by atoms with E-state index < -0.39 is 11.4 Å². The highest BCUT2D eigenvalue weighted by molar-refractivity contribution is 5.86. The van der Waals surface area contributed by atoms with Gasteiger partial charge >= 0.3 is 5.97 Å². The van der Waals surface area contributed by atoms with Crippen LogP contribution >= 0.6 is 0 Å². The Balaban J connectivity index is 2.43. The Bertz CT molecular complexity index is 608. The number of aryl methyl sites for hydroxylation is 1. The molecule has 0 aromatic carbocycles. The molecule has 8 nitrogen and oxygen atoms in total. The van der Waals surface area contributed by atoms with Crippen molar-refractivity contribution in [2.75, 3.05) is 0 Å². The Morgan fingerprint density at radius 3 is 2.47 bits per heavy atom. The molecule has 19 heavy (non-hydrogen) atoms. The largest absolute Gasteiger partial charge is 0.476 e. The molecule has 0 amide bonds. The summed E-state index contributed by atoms with van der Waals surface area (Å²) in [4.78, 5) is 11.2. The number of hydrogen-bond acceptors (Lipinski definition) is 6. The second kappa shape index (κ2) is 4.45. The van der Waals surface area contributed by atoms with Crippen LogP contribution in [0.4, 0.5) is 0 Å². The van der Waals surface area contributed by atoms with Crippen LogP contribution in [-0.4, -0.2) is 36.3 Å². The number of hydrogen-bond donors (Lipinski definition) is 1. The minimum atomic E-state index is -1.10. The molecule has 102 valence electrons. The van der Waals surface area contributed by atoms with E-state index in [4.69, 9.17) is 9.52 Å². The van der Waals surface area contributed by atoms with E-state index in [-0.39, 0.29) is 12.2 Å². The van der Waals surface area contributed by atoms with Crippen molar-refractivity contribution in [1.29, 1.82) is 0 Å². The Hall–Kier alpha value is -2.25. The highest BCUT2D eigenvalue weighted by Gasteiger charge is 2.29. The molecule has 2 rings (SSSR count). The van der Waals surface area contributed by atoms with E-state index in [2.05, 4.69) is 20.5 Å². The molecule has 0 atom stereocenters. The average Bonchev–Trinajstić information content (AvgIpc) is 2.84. The van der Waals surface area contributed by atoms with Crippen LogP contribution < -0.4 is 0 Å². The molecule has 0 spiro atoms. The van der Waals surface area contributed by atoms with E-state index in [1.54, 1.807) is 6.92 Å². The summed E-state index contributed by atoms with van der Waals surface area (Å²) in [5.74, 6) is -0.284. The molecule has 0 saturated carbocycles. The van der Waals surface area contributed by atoms with Gasteiger partial charge in [0.05, 0.1) is 5.69 Å². The average molecular weight is 265 g/mol. The van der Waals surface area contributed by atoms with Crippen LogP contribution in [0.25, 0.3) is 0 Å². The van der Waals surface area contributed by atoms with Gasteiger partial charge in [-0.25, -0.2) is 9.48 Å². The summed E-state index contributed by atoms with van der Waals surface area (Å²) in [5, 5.41) is 24.3. The Labute approximate surface area is 109 Å². The zero-order valence-electron chi connectivity index (χ0n) is 11.2. The number of carboxylic acid groups (broad SMARTS) is 1. The maximum atomic E-state index is 11.2. The van der Waals surface area contributed by atoms with E-state index in [0.29, 0.717) is 17.5 Å². The van der Waals surface area contributed by atoms with E-state index in [1.807, 2.05) is 20.8 Å². The van der Waals surface area contributed by atoms with Gasteiger partial charge in [-0.3, -0.25) is 0 Å². The maximum Gasteiger partial charge on any atom is 0.358 e. The topological polar surface area (TPSA) is 107 Å². The summed E-state index contributed by atoms with van der Waals surface area (Å²) in [6.45, 7) is 7.58. The first-order valence-corrected chi connectivity index (χ1v) is 5.75.